The van der Waals surface area contributed by atoms with Crippen LogP contribution in [0.2, 0.25) is 0 Å². The molecule has 0 aliphatic carbocycles. The topological polar surface area (TPSA) is 78.3 Å². The van der Waals surface area contributed by atoms with Crippen molar-refractivity contribution >= 4 is 5.97 Å². The highest BCUT2D eigenvalue weighted by atomic mass is 16.5. The summed E-state index contributed by atoms with van der Waals surface area (Å²) in [5.74, 6) is -0.365. The Morgan fingerprint density at radius 3 is 2.86 bits per heavy atom. The molecule has 0 radical (unpaired) electrons. The summed E-state index contributed by atoms with van der Waals surface area (Å²) in [5, 5.41) is 0. The van der Waals surface area contributed by atoms with Crippen molar-refractivity contribution in [2.24, 2.45) is 11.5 Å². The van der Waals surface area contributed by atoms with Crippen molar-refractivity contribution < 1.29 is 9.53 Å². The number of hydrogen-bond acceptors (Lipinski definition) is 4. The molecule has 1 unspecified atom stereocenters. The SMILES string of the molecule is COC(=O)c1cccc(C(N)CN)c1. The summed E-state index contributed by atoms with van der Waals surface area (Å²) in [6, 6.07) is 6.74. The van der Waals surface area contributed by atoms with Crippen molar-refractivity contribution in [3.05, 3.63) is 35.4 Å². The maximum absolute atomic E-state index is 11.2. The van der Waals surface area contributed by atoms with Gasteiger partial charge in [0.25, 0.3) is 0 Å². The molecule has 0 amide bonds. The molecule has 1 rings (SSSR count). The number of hydrogen-bond donors (Lipinski definition) is 2. The van der Waals surface area contributed by atoms with E-state index in [4.69, 9.17) is 11.5 Å². The number of nitrogens with two attached hydrogens (primary N) is 2. The first-order valence-corrected chi connectivity index (χ1v) is 4.33. The second-order valence-corrected chi connectivity index (χ2v) is 2.96. The highest BCUT2D eigenvalue weighted by Crippen LogP contribution is 2.12. The fourth-order valence-corrected chi connectivity index (χ4v) is 1.15. The molecule has 0 spiro atoms. The molecule has 76 valence electrons. The maximum Gasteiger partial charge on any atom is 0.337 e. The minimum absolute atomic E-state index is 0.236. The second-order valence-electron chi connectivity index (χ2n) is 2.96. The van der Waals surface area contributed by atoms with Crippen LogP contribution in [0.1, 0.15) is 22.0 Å². The van der Waals surface area contributed by atoms with E-state index in [1.807, 2.05) is 6.07 Å². The number of carbonyl (C=O) groups excluding carboxylic acids is 1. The van der Waals surface area contributed by atoms with Gasteiger partial charge in [0.05, 0.1) is 12.7 Å². The molecule has 0 bridgehead atoms. The molecule has 4 nitrogen and oxygen atoms in total. The van der Waals surface area contributed by atoms with Gasteiger partial charge in [0.2, 0.25) is 0 Å². The van der Waals surface area contributed by atoms with Crippen molar-refractivity contribution in [2.45, 2.75) is 6.04 Å². The second kappa shape index (κ2) is 4.74. The summed E-state index contributed by atoms with van der Waals surface area (Å²) >= 11 is 0. The van der Waals surface area contributed by atoms with Crippen LogP contribution in [0.3, 0.4) is 0 Å². The lowest BCUT2D eigenvalue weighted by molar-refractivity contribution is 0.0600. The van der Waals surface area contributed by atoms with Gasteiger partial charge in [0, 0.05) is 12.6 Å². The molecule has 0 aromatic heterocycles. The minimum atomic E-state index is -0.365. The van der Waals surface area contributed by atoms with Gasteiger partial charge in [-0.1, -0.05) is 12.1 Å². The summed E-state index contributed by atoms with van der Waals surface area (Å²) in [4.78, 5) is 11.2. The molecule has 0 fully saturated rings. The van der Waals surface area contributed by atoms with Crippen LogP contribution in [0.25, 0.3) is 0 Å². The Hall–Kier alpha value is -1.39. The molecule has 4 heteroatoms. The largest absolute Gasteiger partial charge is 0.465 e. The molecule has 1 aromatic carbocycles. The van der Waals surface area contributed by atoms with Gasteiger partial charge in [-0.3, -0.25) is 0 Å². The Labute approximate surface area is 82.8 Å². The van der Waals surface area contributed by atoms with Crippen LogP contribution in [0, 0.1) is 0 Å². The van der Waals surface area contributed by atoms with Gasteiger partial charge < -0.3 is 16.2 Å². The molecule has 0 aliphatic rings. The average molecular weight is 194 g/mol. The highest BCUT2D eigenvalue weighted by Gasteiger charge is 2.08. The molecule has 14 heavy (non-hydrogen) atoms. The minimum Gasteiger partial charge on any atom is -0.465 e. The van der Waals surface area contributed by atoms with E-state index in [1.165, 1.54) is 7.11 Å². The lowest BCUT2D eigenvalue weighted by Gasteiger charge is -2.09. The van der Waals surface area contributed by atoms with E-state index in [0.717, 1.165) is 5.56 Å². The van der Waals surface area contributed by atoms with E-state index in [2.05, 4.69) is 4.74 Å². The van der Waals surface area contributed by atoms with Gasteiger partial charge in [-0.15, -0.1) is 0 Å². The molecule has 0 aliphatic heterocycles. The van der Waals surface area contributed by atoms with Gasteiger partial charge in [0.1, 0.15) is 0 Å². The summed E-state index contributed by atoms with van der Waals surface area (Å²) in [5.41, 5.74) is 12.5. The number of esters is 1. The van der Waals surface area contributed by atoms with Crippen molar-refractivity contribution in [2.75, 3.05) is 13.7 Å². The van der Waals surface area contributed by atoms with Crippen LogP contribution in [0.5, 0.6) is 0 Å². The Morgan fingerprint density at radius 1 is 1.57 bits per heavy atom. The zero-order chi connectivity index (χ0) is 10.6. The van der Waals surface area contributed by atoms with E-state index in [1.54, 1.807) is 18.2 Å². The molecular formula is C10H14N2O2. The summed E-state index contributed by atoms with van der Waals surface area (Å²) in [6.45, 7) is 0.352. The molecule has 4 N–H and O–H groups in total. The first kappa shape index (κ1) is 10.7. The van der Waals surface area contributed by atoms with Gasteiger partial charge in [-0.25, -0.2) is 4.79 Å². The van der Waals surface area contributed by atoms with Crippen molar-refractivity contribution in [1.82, 2.24) is 0 Å². The van der Waals surface area contributed by atoms with Crippen LogP contribution in [0.15, 0.2) is 24.3 Å². The lowest BCUT2D eigenvalue weighted by atomic mass is 10.0. The Morgan fingerprint density at radius 2 is 2.29 bits per heavy atom. The van der Waals surface area contributed by atoms with Crippen LogP contribution in [0.4, 0.5) is 0 Å². The predicted molar refractivity (Wildman–Crippen MR) is 53.8 cm³/mol. The van der Waals surface area contributed by atoms with Gasteiger partial charge in [-0.2, -0.15) is 0 Å². The Kier molecular flexibility index (Phi) is 3.62. The van der Waals surface area contributed by atoms with Crippen molar-refractivity contribution in [3.8, 4) is 0 Å². The molecular weight excluding hydrogens is 180 g/mol. The molecule has 1 aromatic rings. The van der Waals surface area contributed by atoms with Gasteiger partial charge >= 0.3 is 5.97 Å². The fourth-order valence-electron chi connectivity index (χ4n) is 1.15. The highest BCUT2D eigenvalue weighted by molar-refractivity contribution is 5.89. The molecule has 0 saturated carbocycles. The monoisotopic (exact) mass is 194 g/mol. The summed E-state index contributed by atoms with van der Waals surface area (Å²) in [6.07, 6.45) is 0. The standard InChI is InChI=1S/C10H14N2O2/c1-14-10(13)8-4-2-3-7(5-8)9(12)6-11/h2-5,9H,6,11-12H2,1H3. The first-order valence-electron chi connectivity index (χ1n) is 4.33. The predicted octanol–water partition coefficient (Wildman–Crippen LogP) is 0.432. The zero-order valence-electron chi connectivity index (χ0n) is 8.07. The molecule has 1 atom stereocenters. The van der Waals surface area contributed by atoms with Crippen molar-refractivity contribution in [3.63, 3.8) is 0 Å². The third-order valence-electron chi connectivity index (χ3n) is 1.99. The summed E-state index contributed by atoms with van der Waals surface area (Å²) < 4.78 is 4.59. The van der Waals surface area contributed by atoms with Gasteiger partial charge in [-0.05, 0) is 17.7 Å². The molecule has 0 heterocycles. The van der Waals surface area contributed by atoms with Gasteiger partial charge in [0.15, 0.2) is 0 Å². The number of ether oxygens (including phenoxy) is 1. The average Bonchev–Trinajstić information content (AvgIpc) is 2.27. The Bertz CT molecular complexity index is 326. The third kappa shape index (κ3) is 2.31. The van der Waals surface area contributed by atoms with E-state index in [0.29, 0.717) is 12.1 Å². The van der Waals surface area contributed by atoms with Crippen LogP contribution >= 0.6 is 0 Å². The zero-order valence-corrected chi connectivity index (χ0v) is 8.07. The third-order valence-corrected chi connectivity index (χ3v) is 1.99. The maximum atomic E-state index is 11.2. The van der Waals surface area contributed by atoms with E-state index in [9.17, 15) is 4.79 Å². The van der Waals surface area contributed by atoms with Crippen LogP contribution < -0.4 is 11.5 Å². The number of benzene rings is 1. The Balaban J connectivity index is 2.95. The van der Waals surface area contributed by atoms with Crippen LogP contribution in [-0.4, -0.2) is 19.6 Å². The van der Waals surface area contributed by atoms with E-state index >= 15 is 0 Å². The quantitative estimate of drug-likeness (QED) is 0.684. The van der Waals surface area contributed by atoms with Crippen molar-refractivity contribution in [1.29, 1.82) is 0 Å². The number of carbonyl (C=O) groups is 1. The molecule has 0 saturated heterocycles. The lowest BCUT2D eigenvalue weighted by Crippen LogP contribution is -2.21. The number of methoxy groups -OCH3 is 1. The van der Waals surface area contributed by atoms with Crippen LogP contribution in [-0.2, 0) is 4.74 Å². The summed E-state index contributed by atoms with van der Waals surface area (Å²) in [7, 11) is 1.35. The number of rotatable bonds is 3. The normalized spacial score (nSPS) is 12.2. The van der Waals surface area contributed by atoms with E-state index < -0.39 is 0 Å². The van der Waals surface area contributed by atoms with E-state index in [-0.39, 0.29) is 12.0 Å². The fraction of sp³-hybridized carbons (Fsp3) is 0.300. The smallest absolute Gasteiger partial charge is 0.337 e. The first-order chi connectivity index (χ1) is 6.69.